The number of carbonyl (C=O) groups excluding carboxylic acids is 2. The summed E-state index contributed by atoms with van der Waals surface area (Å²) in [6, 6.07) is -0.434. The van der Waals surface area contributed by atoms with Crippen molar-refractivity contribution in [2.45, 2.75) is 38.1 Å². The first kappa shape index (κ1) is 16.8. The van der Waals surface area contributed by atoms with E-state index in [0.717, 1.165) is 6.42 Å². The number of nitrogens with zero attached hydrogens (tertiary/aromatic N) is 2. The van der Waals surface area contributed by atoms with E-state index in [1.807, 2.05) is 0 Å². The predicted molar refractivity (Wildman–Crippen MR) is 92.4 cm³/mol. The van der Waals surface area contributed by atoms with Crippen LogP contribution in [0.2, 0.25) is 0 Å². The number of allylic oxidation sites excluding steroid dienone is 2. The number of hydrazone groups is 1. The molecule has 4 atom stereocenters. The zero-order valence-electron chi connectivity index (χ0n) is 14.1. The van der Waals surface area contributed by atoms with Crippen LogP contribution in [0.1, 0.15) is 32.1 Å². The SMILES string of the molecule is O=C(NC[C@H]1C[C@H]2C=C[C@@H]1C2)C1=NN([C@@H]2CCS(=O)(=O)C2)C(=O)CC1. The molecule has 1 N–H and O–H groups in total. The second-order valence-electron chi connectivity index (χ2n) is 7.59. The van der Waals surface area contributed by atoms with Gasteiger partial charge in [-0.2, -0.15) is 5.10 Å². The van der Waals surface area contributed by atoms with E-state index in [4.69, 9.17) is 0 Å². The lowest BCUT2D eigenvalue weighted by Gasteiger charge is -2.28. The van der Waals surface area contributed by atoms with Crippen LogP contribution >= 0.6 is 0 Å². The second-order valence-corrected chi connectivity index (χ2v) is 9.82. The Balaban J connectivity index is 1.39. The van der Waals surface area contributed by atoms with Crippen LogP contribution in [0.25, 0.3) is 0 Å². The molecular weight excluding hydrogens is 342 g/mol. The summed E-state index contributed by atoms with van der Waals surface area (Å²) >= 11 is 0. The third-order valence-electron chi connectivity index (χ3n) is 5.82. The van der Waals surface area contributed by atoms with E-state index in [1.54, 1.807) is 0 Å². The van der Waals surface area contributed by atoms with Gasteiger partial charge >= 0.3 is 0 Å². The molecule has 2 amide bonds. The van der Waals surface area contributed by atoms with Crippen LogP contribution in [0.3, 0.4) is 0 Å². The van der Waals surface area contributed by atoms with E-state index in [2.05, 4.69) is 22.6 Å². The van der Waals surface area contributed by atoms with Gasteiger partial charge in [0, 0.05) is 19.4 Å². The minimum Gasteiger partial charge on any atom is -0.351 e. The number of nitrogens with one attached hydrogen (secondary N) is 1. The number of carbonyl (C=O) groups is 2. The lowest BCUT2D eigenvalue weighted by molar-refractivity contribution is -0.133. The van der Waals surface area contributed by atoms with Gasteiger partial charge in [0.25, 0.3) is 5.91 Å². The first-order chi connectivity index (χ1) is 11.9. The molecule has 0 aromatic rings. The highest BCUT2D eigenvalue weighted by atomic mass is 32.2. The van der Waals surface area contributed by atoms with E-state index in [0.29, 0.717) is 42.9 Å². The van der Waals surface area contributed by atoms with Gasteiger partial charge in [0.1, 0.15) is 5.71 Å². The Morgan fingerprint density at radius 2 is 2.12 bits per heavy atom. The number of hydrogen-bond acceptors (Lipinski definition) is 5. The Labute approximate surface area is 147 Å². The Kier molecular flexibility index (Phi) is 4.17. The highest BCUT2D eigenvalue weighted by Crippen LogP contribution is 2.42. The van der Waals surface area contributed by atoms with Gasteiger partial charge < -0.3 is 5.32 Å². The highest BCUT2D eigenvalue weighted by Gasteiger charge is 2.38. The summed E-state index contributed by atoms with van der Waals surface area (Å²) in [5.41, 5.74) is 0.336. The molecule has 2 bridgehead atoms. The molecular formula is C17H23N3O4S. The monoisotopic (exact) mass is 365 g/mol. The van der Waals surface area contributed by atoms with Crippen LogP contribution in [0.15, 0.2) is 17.3 Å². The van der Waals surface area contributed by atoms with Crippen LogP contribution in [0.5, 0.6) is 0 Å². The number of fused-ring (bicyclic) bond motifs is 2. The van der Waals surface area contributed by atoms with Gasteiger partial charge in [-0.05, 0) is 37.0 Å². The van der Waals surface area contributed by atoms with Crippen molar-refractivity contribution in [3.8, 4) is 0 Å². The zero-order valence-corrected chi connectivity index (χ0v) is 14.9. The fourth-order valence-corrected chi connectivity index (χ4v) is 6.14. The summed E-state index contributed by atoms with van der Waals surface area (Å²) in [5, 5.41) is 8.41. The number of hydrogen-bond donors (Lipinski definition) is 1. The lowest BCUT2D eigenvalue weighted by Crippen LogP contribution is -2.44. The molecule has 0 radical (unpaired) electrons. The summed E-state index contributed by atoms with van der Waals surface area (Å²) in [7, 11) is -3.10. The maximum atomic E-state index is 12.4. The number of amides is 2. The van der Waals surface area contributed by atoms with Crippen molar-refractivity contribution in [3.05, 3.63) is 12.2 Å². The minimum absolute atomic E-state index is 0.0609. The molecule has 2 heterocycles. The van der Waals surface area contributed by atoms with Gasteiger partial charge in [0.2, 0.25) is 5.91 Å². The van der Waals surface area contributed by atoms with Gasteiger partial charge in [-0.15, -0.1) is 0 Å². The lowest BCUT2D eigenvalue weighted by atomic mass is 9.93. The molecule has 0 unspecified atom stereocenters. The Morgan fingerprint density at radius 3 is 2.76 bits per heavy atom. The van der Waals surface area contributed by atoms with Crippen molar-refractivity contribution in [1.82, 2.24) is 10.3 Å². The molecule has 0 spiro atoms. The summed E-state index contributed by atoms with van der Waals surface area (Å²) in [5.74, 6) is 1.31. The van der Waals surface area contributed by atoms with E-state index < -0.39 is 15.9 Å². The van der Waals surface area contributed by atoms with Gasteiger partial charge in [0.05, 0.1) is 17.5 Å². The van der Waals surface area contributed by atoms with Crippen molar-refractivity contribution in [2.75, 3.05) is 18.1 Å². The van der Waals surface area contributed by atoms with Crippen LogP contribution in [0, 0.1) is 17.8 Å². The Bertz CT molecular complexity index is 758. The Morgan fingerprint density at radius 1 is 1.28 bits per heavy atom. The average Bonchev–Trinajstić information content (AvgIpc) is 3.28. The minimum atomic E-state index is -3.10. The predicted octanol–water partition coefficient (Wildman–Crippen LogP) is 0.480. The van der Waals surface area contributed by atoms with Crippen LogP contribution < -0.4 is 5.32 Å². The second kappa shape index (κ2) is 6.23. The number of rotatable bonds is 4. The van der Waals surface area contributed by atoms with Crippen LogP contribution in [-0.4, -0.2) is 55.0 Å². The molecule has 1 saturated carbocycles. The van der Waals surface area contributed by atoms with Crippen molar-refractivity contribution in [3.63, 3.8) is 0 Å². The van der Waals surface area contributed by atoms with Gasteiger partial charge in [-0.1, -0.05) is 12.2 Å². The molecule has 2 fully saturated rings. The standard InChI is InChI=1S/C17H23N3O4S/c21-16-4-3-15(19-20(16)14-5-6-25(23,24)10-14)17(22)18-9-13-8-11-1-2-12(13)7-11/h1-2,11-14H,3-10H2,(H,18,22)/t11-,12+,13+,14+/m0/s1. The molecule has 25 heavy (non-hydrogen) atoms. The van der Waals surface area contributed by atoms with Gasteiger partial charge in [-0.25, -0.2) is 13.4 Å². The molecule has 2 aliphatic heterocycles. The topological polar surface area (TPSA) is 95.9 Å². The van der Waals surface area contributed by atoms with E-state index >= 15 is 0 Å². The fraction of sp³-hybridized carbons (Fsp3) is 0.706. The smallest absolute Gasteiger partial charge is 0.267 e. The first-order valence-corrected chi connectivity index (χ1v) is 10.8. The van der Waals surface area contributed by atoms with E-state index in [9.17, 15) is 18.0 Å². The fourth-order valence-electron chi connectivity index (χ4n) is 4.44. The summed E-state index contributed by atoms with van der Waals surface area (Å²) < 4.78 is 23.3. The zero-order chi connectivity index (χ0) is 17.6. The molecule has 8 heteroatoms. The quantitative estimate of drug-likeness (QED) is 0.733. The van der Waals surface area contributed by atoms with Crippen molar-refractivity contribution >= 4 is 27.4 Å². The van der Waals surface area contributed by atoms with Crippen molar-refractivity contribution < 1.29 is 18.0 Å². The summed E-state index contributed by atoms with van der Waals surface area (Å²) in [6.07, 6.45) is 7.76. The molecule has 4 aliphatic rings. The summed E-state index contributed by atoms with van der Waals surface area (Å²) in [6.45, 7) is 0.634. The van der Waals surface area contributed by atoms with Crippen molar-refractivity contribution in [1.29, 1.82) is 0 Å². The Hall–Kier alpha value is -1.70. The molecule has 7 nitrogen and oxygen atoms in total. The third kappa shape index (κ3) is 3.36. The first-order valence-electron chi connectivity index (χ1n) is 8.98. The van der Waals surface area contributed by atoms with E-state index in [-0.39, 0.29) is 29.7 Å². The molecule has 136 valence electrons. The summed E-state index contributed by atoms with van der Waals surface area (Å²) in [4.78, 5) is 24.5. The maximum absolute atomic E-state index is 12.4. The largest absolute Gasteiger partial charge is 0.351 e. The van der Waals surface area contributed by atoms with E-state index in [1.165, 1.54) is 11.4 Å². The average molecular weight is 365 g/mol. The third-order valence-corrected chi connectivity index (χ3v) is 7.57. The normalized spacial score (nSPS) is 35.9. The molecule has 4 rings (SSSR count). The van der Waals surface area contributed by atoms with Crippen LogP contribution in [-0.2, 0) is 19.4 Å². The molecule has 0 aromatic heterocycles. The highest BCUT2D eigenvalue weighted by molar-refractivity contribution is 7.91. The van der Waals surface area contributed by atoms with Crippen molar-refractivity contribution in [2.24, 2.45) is 22.9 Å². The number of sulfone groups is 1. The van der Waals surface area contributed by atoms with Gasteiger partial charge in [0.15, 0.2) is 9.84 Å². The van der Waals surface area contributed by atoms with Gasteiger partial charge in [-0.3, -0.25) is 9.59 Å². The maximum Gasteiger partial charge on any atom is 0.267 e. The molecule has 0 aromatic carbocycles. The molecule has 1 saturated heterocycles. The molecule has 2 aliphatic carbocycles. The van der Waals surface area contributed by atoms with Crippen LogP contribution in [0.4, 0.5) is 0 Å².